The van der Waals surface area contributed by atoms with Crippen molar-refractivity contribution in [3.63, 3.8) is 0 Å². The molecule has 2 bridgehead atoms. The second kappa shape index (κ2) is 5.78. The zero-order valence-corrected chi connectivity index (χ0v) is 16.5. The molecule has 5 unspecified atom stereocenters. The lowest BCUT2D eigenvalue weighted by Gasteiger charge is -2.41. The summed E-state index contributed by atoms with van der Waals surface area (Å²) in [6, 6.07) is 0. The van der Waals surface area contributed by atoms with E-state index in [4.69, 9.17) is 9.47 Å². The maximum atomic E-state index is 11.6. The Kier molecular flexibility index (Phi) is 4.36. The molecule has 5 nitrogen and oxygen atoms in total. The van der Waals surface area contributed by atoms with Gasteiger partial charge >= 0.3 is 0 Å². The highest BCUT2D eigenvalue weighted by molar-refractivity contribution is 5.25. The molecule has 2 saturated heterocycles. The van der Waals surface area contributed by atoms with Gasteiger partial charge in [-0.1, -0.05) is 32.9 Å². The Morgan fingerprint density at radius 2 is 1.84 bits per heavy atom. The quantitative estimate of drug-likeness (QED) is 0.749. The highest BCUT2D eigenvalue weighted by atomic mass is 16.6. The molecule has 3 aliphatic rings. The van der Waals surface area contributed by atoms with Crippen LogP contribution in [0.15, 0.2) is 17.0 Å². The average Bonchev–Trinajstić information content (AvgIpc) is 3.01. The van der Waals surface area contributed by atoms with E-state index in [2.05, 4.69) is 25.9 Å². The second-order valence-corrected chi connectivity index (χ2v) is 9.46. The van der Waals surface area contributed by atoms with Crippen LogP contribution in [0.2, 0.25) is 0 Å². The van der Waals surface area contributed by atoms with E-state index in [0.717, 1.165) is 19.3 Å². The summed E-state index contributed by atoms with van der Waals surface area (Å²) >= 11 is 0. The molecule has 0 aromatic heterocycles. The first kappa shape index (κ1) is 18.8. The Hall–Kier alpha value is -0.940. The largest absolute Gasteiger partial charge is 0.489 e. The van der Waals surface area contributed by atoms with Gasteiger partial charge in [-0.15, -0.1) is 4.91 Å². The van der Waals surface area contributed by atoms with Crippen LogP contribution >= 0.6 is 0 Å². The highest BCUT2D eigenvalue weighted by Gasteiger charge is 2.62. The summed E-state index contributed by atoms with van der Waals surface area (Å²) in [5, 5.41) is 14.3. The predicted molar refractivity (Wildman–Crippen MR) is 97.1 cm³/mol. The van der Waals surface area contributed by atoms with Gasteiger partial charge < -0.3 is 14.6 Å². The molecule has 0 radical (unpaired) electrons. The number of nitrogens with zero attached hydrogens (tertiary/aromatic N) is 1. The SMILES string of the molecule is CC(C)C1(N=O)C=C(OC2CC3(C(C)C)CCC2(C)O3)C(C)(O)CC1. The number of fused-ring (bicyclic) bond motifs is 2. The standard InChI is InChI=1S/C20H33NO4/c1-13(2)19(21-23)9-7-17(5,22)15(11-19)24-16-12-20(14(3)4)10-8-18(16,6)25-20/h11,13-14,16,22H,7-10,12H2,1-6H3. The van der Waals surface area contributed by atoms with Gasteiger partial charge in [-0.25, -0.2) is 0 Å². The molecular formula is C20H33NO4. The molecular weight excluding hydrogens is 318 g/mol. The number of aliphatic hydroxyl groups is 1. The third-order valence-electron chi connectivity index (χ3n) is 7.11. The average molecular weight is 351 g/mol. The molecule has 25 heavy (non-hydrogen) atoms. The van der Waals surface area contributed by atoms with E-state index < -0.39 is 11.1 Å². The van der Waals surface area contributed by atoms with Gasteiger partial charge in [0.05, 0.1) is 5.60 Å². The first-order valence-electron chi connectivity index (χ1n) is 9.66. The van der Waals surface area contributed by atoms with Crippen molar-refractivity contribution in [1.82, 2.24) is 0 Å². The van der Waals surface area contributed by atoms with Crippen molar-refractivity contribution in [2.45, 2.75) is 102 Å². The molecule has 3 rings (SSSR count). The molecule has 0 amide bonds. The van der Waals surface area contributed by atoms with Gasteiger partial charge in [0.25, 0.3) is 0 Å². The lowest BCUT2D eigenvalue weighted by Crippen LogP contribution is -2.46. The molecule has 2 heterocycles. The van der Waals surface area contributed by atoms with E-state index in [1.807, 2.05) is 13.8 Å². The monoisotopic (exact) mass is 351 g/mol. The minimum atomic E-state index is -1.06. The summed E-state index contributed by atoms with van der Waals surface area (Å²) in [5.41, 5.74) is -2.31. The molecule has 5 atom stereocenters. The first-order valence-corrected chi connectivity index (χ1v) is 9.66. The Labute approximate surface area is 151 Å². The number of ether oxygens (including phenoxy) is 2. The zero-order chi connectivity index (χ0) is 18.7. The lowest BCUT2D eigenvalue weighted by atomic mass is 9.73. The van der Waals surface area contributed by atoms with Gasteiger partial charge in [0, 0.05) is 6.42 Å². The summed E-state index contributed by atoms with van der Waals surface area (Å²) in [7, 11) is 0. The van der Waals surface area contributed by atoms with Crippen LogP contribution in [-0.4, -0.2) is 33.6 Å². The fourth-order valence-electron chi connectivity index (χ4n) is 4.70. The minimum absolute atomic E-state index is 0.0635. The summed E-state index contributed by atoms with van der Waals surface area (Å²) in [5.74, 6) is 0.983. The van der Waals surface area contributed by atoms with Crippen molar-refractivity contribution >= 4 is 0 Å². The van der Waals surface area contributed by atoms with Crippen LogP contribution in [0.3, 0.4) is 0 Å². The number of hydrogen-bond acceptors (Lipinski definition) is 5. The van der Waals surface area contributed by atoms with Crippen LogP contribution in [0.1, 0.15) is 73.6 Å². The zero-order valence-electron chi connectivity index (χ0n) is 16.5. The molecule has 5 heteroatoms. The van der Waals surface area contributed by atoms with Crippen molar-refractivity contribution in [3.8, 4) is 0 Å². The van der Waals surface area contributed by atoms with Crippen LogP contribution < -0.4 is 0 Å². The summed E-state index contributed by atoms with van der Waals surface area (Å²) in [4.78, 5) is 11.6. The van der Waals surface area contributed by atoms with Crippen molar-refractivity contribution in [2.75, 3.05) is 0 Å². The summed E-state index contributed by atoms with van der Waals surface area (Å²) in [6.07, 6.45) is 5.55. The Bertz CT molecular complexity index is 584. The predicted octanol–water partition coefficient (Wildman–Crippen LogP) is 4.33. The van der Waals surface area contributed by atoms with Crippen molar-refractivity contribution < 1.29 is 14.6 Å². The van der Waals surface area contributed by atoms with Crippen LogP contribution in [0.4, 0.5) is 0 Å². The van der Waals surface area contributed by atoms with Crippen molar-refractivity contribution in [3.05, 3.63) is 16.7 Å². The van der Waals surface area contributed by atoms with E-state index in [0.29, 0.717) is 24.5 Å². The van der Waals surface area contributed by atoms with E-state index in [1.54, 1.807) is 13.0 Å². The van der Waals surface area contributed by atoms with Crippen LogP contribution in [0, 0.1) is 16.7 Å². The molecule has 2 fully saturated rings. The molecule has 0 spiro atoms. The lowest BCUT2D eigenvalue weighted by molar-refractivity contribution is -0.0969. The number of hydrogen-bond donors (Lipinski definition) is 1. The maximum absolute atomic E-state index is 11.6. The van der Waals surface area contributed by atoms with Gasteiger partial charge in [-0.05, 0) is 57.4 Å². The fraction of sp³-hybridized carbons (Fsp3) is 0.900. The highest BCUT2D eigenvalue weighted by Crippen LogP contribution is 2.56. The summed E-state index contributed by atoms with van der Waals surface area (Å²) < 4.78 is 12.8. The molecule has 1 aliphatic carbocycles. The van der Waals surface area contributed by atoms with Gasteiger partial charge in [-0.2, -0.15) is 0 Å². The first-order chi connectivity index (χ1) is 11.5. The Morgan fingerprint density at radius 3 is 2.36 bits per heavy atom. The Balaban J connectivity index is 1.89. The molecule has 0 saturated carbocycles. The van der Waals surface area contributed by atoms with E-state index in [-0.39, 0.29) is 23.2 Å². The summed E-state index contributed by atoms with van der Waals surface area (Å²) in [6.45, 7) is 12.3. The van der Waals surface area contributed by atoms with E-state index >= 15 is 0 Å². The van der Waals surface area contributed by atoms with Gasteiger partial charge in [0.15, 0.2) is 0 Å². The van der Waals surface area contributed by atoms with E-state index in [9.17, 15) is 10.0 Å². The smallest absolute Gasteiger partial charge is 0.130 e. The van der Waals surface area contributed by atoms with Crippen LogP contribution in [-0.2, 0) is 9.47 Å². The maximum Gasteiger partial charge on any atom is 0.130 e. The van der Waals surface area contributed by atoms with Crippen molar-refractivity contribution in [2.24, 2.45) is 17.0 Å². The molecule has 0 aromatic rings. The minimum Gasteiger partial charge on any atom is -0.489 e. The van der Waals surface area contributed by atoms with Crippen LogP contribution in [0.25, 0.3) is 0 Å². The number of rotatable bonds is 5. The van der Waals surface area contributed by atoms with Crippen LogP contribution in [0.5, 0.6) is 0 Å². The molecule has 0 aromatic carbocycles. The van der Waals surface area contributed by atoms with Gasteiger partial charge in [0.2, 0.25) is 0 Å². The topological polar surface area (TPSA) is 68.1 Å². The molecule has 1 N–H and O–H groups in total. The Morgan fingerprint density at radius 1 is 1.16 bits per heavy atom. The van der Waals surface area contributed by atoms with E-state index in [1.165, 1.54) is 0 Å². The van der Waals surface area contributed by atoms with Gasteiger partial charge in [0.1, 0.15) is 28.6 Å². The third kappa shape index (κ3) is 2.84. The number of nitroso groups, excluding NO2 is 1. The van der Waals surface area contributed by atoms with Crippen molar-refractivity contribution in [1.29, 1.82) is 0 Å². The molecule has 142 valence electrons. The normalized spacial score (nSPS) is 46.6. The second-order valence-electron chi connectivity index (χ2n) is 9.46. The fourth-order valence-corrected chi connectivity index (χ4v) is 4.70. The van der Waals surface area contributed by atoms with Gasteiger partial charge in [-0.3, -0.25) is 0 Å². The molecule has 2 aliphatic heterocycles. The third-order valence-corrected chi connectivity index (χ3v) is 7.11.